The van der Waals surface area contributed by atoms with E-state index >= 15 is 0 Å². The van der Waals surface area contributed by atoms with Crippen LogP contribution in [0.25, 0.3) is 0 Å². The van der Waals surface area contributed by atoms with Crippen molar-refractivity contribution in [3.63, 3.8) is 0 Å². The van der Waals surface area contributed by atoms with Crippen molar-refractivity contribution in [2.24, 2.45) is 0 Å². The molecule has 1 aromatic carbocycles. The van der Waals surface area contributed by atoms with Crippen molar-refractivity contribution in [3.8, 4) is 0 Å². The minimum atomic E-state index is -0.598. The first-order valence-electron chi connectivity index (χ1n) is 4.51. The second-order valence-electron chi connectivity index (χ2n) is 3.57. The van der Waals surface area contributed by atoms with Crippen LogP contribution in [0.5, 0.6) is 0 Å². The molecule has 1 aromatic rings. The normalized spacial score (nSPS) is 14.9. The summed E-state index contributed by atoms with van der Waals surface area (Å²) in [5, 5.41) is 21.1. The van der Waals surface area contributed by atoms with E-state index in [4.69, 9.17) is 0 Å². The minimum absolute atomic E-state index is 0.203. The van der Waals surface area contributed by atoms with Crippen LogP contribution < -0.4 is 0 Å². The van der Waals surface area contributed by atoms with Gasteiger partial charge in [-0.15, -0.1) is 0 Å². The van der Waals surface area contributed by atoms with E-state index in [0.717, 1.165) is 18.9 Å². The highest BCUT2D eigenvalue weighted by Gasteiger charge is 2.27. The van der Waals surface area contributed by atoms with E-state index in [-0.39, 0.29) is 17.3 Å². The van der Waals surface area contributed by atoms with Gasteiger partial charge in [0.2, 0.25) is 0 Å². The van der Waals surface area contributed by atoms with Gasteiger partial charge in [-0.05, 0) is 24.3 Å². The highest BCUT2D eigenvalue weighted by atomic mass is 16.6. The second-order valence-corrected chi connectivity index (χ2v) is 3.57. The van der Waals surface area contributed by atoms with E-state index in [0.29, 0.717) is 5.56 Å². The predicted molar refractivity (Wildman–Crippen MR) is 51.7 cm³/mol. The van der Waals surface area contributed by atoms with Gasteiger partial charge in [-0.25, -0.2) is 0 Å². The molecule has 0 amide bonds. The van der Waals surface area contributed by atoms with Crippen LogP contribution in [0, 0.1) is 20.2 Å². The van der Waals surface area contributed by atoms with E-state index in [2.05, 4.69) is 0 Å². The summed E-state index contributed by atoms with van der Waals surface area (Å²) in [5.74, 6) is 0.267. The summed E-state index contributed by atoms with van der Waals surface area (Å²) >= 11 is 0. The molecule has 0 bridgehead atoms. The molecule has 78 valence electrons. The summed E-state index contributed by atoms with van der Waals surface area (Å²) in [6.45, 7) is 0. The van der Waals surface area contributed by atoms with Crippen molar-refractivity contribution in [3.05, 3.63) is 44.0 Å². The van der Waals surface area contributed by atoms with Crippen LogP contribution >= 0.6 is 0 Å². The predicted octanol–water partition coefficient (Wildman–Crippen LogP) is 2.38. The Kier molecular flexibility index (Phi) is 2.11. The highest BCUT2D eigenvalue weighted by Crippen LogP contribution is 2.42. The highest BCUT2D eigenvalue weighted by molar-refractivity contribution is 5.48. The number of nitro groups is 2. The van der Waals surface area contributed by atoms with Gasteiger partial charge in [-0.3, -0.25) is 20.2 Å². The fourth-order valence-electron chi connectivity index (χ4n) is 1.48. The minimum Gasteiger partial charge on any atom is -0.258 e. The average molecular weight is 208 g/mol. The first-order chi connectivity index (χ1) is 7.08. The van der Waals surface area contributed by atoms with Crippen molar-refractivity contribution in [2.45, 2.75) is 18.8 Å². The molecule has 1 aliphatic rings. The standard InChI is InChI=1S/C9H8N2O4/c12-10(13)8-3-7(6-1-2-6)4-9(5-8)11(14)15/h3-6H,1-2H2. The summed E-state index contributed by atoms with van der Waals surface area (Å²) in [5.41, 5.74) is 0.299. The van der Waals surface area contributed by atoms with Crippen molar-refractivity contribution in [2.75, 3.05) is 0 Å². The number of nitrogens with zero attached hydrogens (tertiary/aromatic N) is 2. The van der Waals surface area contributed by atoms with Crippen LogP contribution in [0.2, 0.25) is 0 Å². The Morgan fingerprint density at radius 3 is 1.80 bits per heavy atom. The third-order valence-electron chi connectivity index (χ3n) is 2.40. The molecule has 0 spiro atoms. The Bertz CT molecular complexity index is 407. The van der Waals surface area contributed by atoms with Crippen LogP contribution in [0.15, 0.2) is 18.2 Å². The van der Waals surface area contributed by atoms with E-state index in [1.54, 1.807) is 0 Å². The number of non-ortho nitro benzene ring substituents is 2. The summed E-state index contributed by atoms with van der Waals surface area (Å²) in [6.07, 6.45) is 1.91. The van der Waals surface area contributed by atoms with Gasteiger partial charge in [0.05, 0.1) is 15.9 Å². The molecule has 0 N–H and O–H groups in total. The third-order valence-corrected chi connectivity index (χ3v) is 2.40. The Balaban J connectivity index is 2.47. The Hall–Kier alpha value is -1.98. The molecule has 0 radical (unpaired) electrons. The zero-order chi connectivity index (χ0) is 11.0. The summed E-state index contributed by atoms with van der Waals surface area (Å²) in [7, 11) is 0. The first-order valence-corrected chi connectivity index (χ1v) is 4.51. The van der Waals surface area contributed by atoms with E-state index in [1.165, 1.54) is 12.1 Å². The monoisotopic (exact) mass is 208 g/mol. The van der Waals surface area contributed by atoms with Gasteiger partial charge in [0, 0.05) is 12.1 Å². The van der Waals surface area contributed by atoms with E-state index in [1.807, 2.05) is 0 Å². The van der Waals surface area contributed by atoms with Gasteiger partial charge in [-0.1, -0.05) is 0 Å². The van der Waals surface area contributed by atoms with Crippen LogP contribution in [0.4, 0.5) is 11.4 Å². The quantitative estimate of drug-likeness (QED) is 0.563. The molecule has 0 unspecified atom stereocenters. The molecule has 2 rings (SSSR count). The van der Waals surface area contributed by atoms with Crippen molar-refractivity contribution in [1.29, 1.82) is 0 Å². The molecule has 6 heteroatoms. The topological polar surface area (TPSA) is 86.3 Å². The van der Waals surface area contributed by atoms with Gasteiger partial charge in [-0.2, -0.15) is 0 Å². The van der Waals surface area contributed by atoms with Crippen LogP contribution in [0.1, 0.15) is 24.3 Å². The lowest BCUT2D eigenvalue weighted by atomic mass is 10.1. The lowest BCUT2D eigenvalue weighted by Gasteiger charge is -1.98. The average Bonchev–Trinajstić information content (AvgIpc) is 3.00. The number of nitro benzene ring substituents is 2. The Labute approximate surface area is 84.8 Å². The Morgan fingerprint density at radius 1 is 1.00 bits per heavy atom. The summed E-state index contributed by atoms with van der Waals surface area (Å²) in [6, 6.07) is 3.83. The maximum absolute atomic E-state index is 10.6. The number of hydrogen-bond donors (Lipinski definition) is 0. The molecule has 0 heterocycles. The number of benzene rings is 1. The molecule has 1 saturated carbocycles. The van der Waals surface area contributed by atoms with E-state index in [9.17, 15) is 20.2 Å². The van der Waals surface area contributed by atoms with Crippen LogP contribution in [-0.2, 0) is 0 Å². The number of hydrogen-bond acceptors (Lipinski definition) is 4. The zero-order valence-electron chi connectivity index (χ0n) is 7.75. The van der Waals surface area contributed by atoms with Crippen molar-refractivity contribution < 1.29 is 9.85 Å². The van der Waals surface area contributed by atoms with Crippen molar-refractivity contribution >= 4 is 11.4 Å². The van der Waals surface area contributed by atoms with Crippen LogP contribution in [-0.4, -0.2) is 9.85 Å². The third kappa shape index (κ3) is 1.93. The SMILES string of the molecule is O=[N+]([O-])c1cc(C2CC2)cc([N+](=O)[O-])c1. The molecule has 0 saturated heterocycles. The molecule has 15 heavy (non-hydrogen) atoms. The molecule has 0 aliphatic heterocycles. The van der Waals surface area contributed by atoms with E-state index < -0.39 is 9.85 Å². The van der Waals surface area contributed by atoms with Gasteiger partial charge in [0.15, 0.2) is 0 Å². The molecule has 0 atom stereocenters. The fraction of sp³-hybridized carbons (Fsp3) is 0.333. The maximum atomic E-state index is 10.6. The summed E-state index contributed by atoms with van der Waals surface area (Å²) in [4.78, 5) is 19.9. The Morgan fingerprint density at radius 2 is 1.47 bits per heavy atom. The summed E-state index contributed by atoms with van der Waals surface area (Å²) < 4.78 is 0. The first kappa shape index (κ1) is 9.57. The molecular weight excluding hydrogens is 200 g/mol. The molecular formula is C9H8N2O4. The van der Waals surface area contributed by atoms with Gasteiger partial charge >= 0.3 is 0 Å². The van der Waals surface area contributed by atoms with Gasteiger partial charge in [0.1, 0.15) is 0 Å². The van der Waals surface area contributed by atoms with Crippen LogP contribution in [0.3, 0.4) is 0 Å². The fourth-order valence-corrected chi connectivity index (χ4v) is 1.48. The molecule has 1 aliphatic carbocycles. The molecule has 0 aromatic heterocycles. The lowest BCUT2D eigenvalue weighted by Crippen LogP contribution is -1.94. The lowest BCUT2D eigenvalue weighted by molar-refractivity contribution is -0.394. The molecule has 6 nitrogen and oxygen atoms in total. The smallest absolute Gasteiger partial charge is 0.258 e. The maximum Gasteiger partial charge on any atom is 0.276 e. The largest absolute Gasteiger partial charge is 0.276 e. The van der Waals surface area contributed by atoms with Gasteiger partial charge < -0.3 is 0 Å². The second kappa shape index (κ2) is 3.30. The van der Waals surface area contributed by atoms with Gasteiger partial charge in [0.25, 0.3) is 11.4 Å². The zero-order valence-corrected chi connectivity index (χ0v) is 7.75. The molecule has 1 fully saturated rings. The van der Waals surface area contributed by atoms with Crippen molar-refractivity contribution in [1.82, 2.24) is 0 Å². The number of rotatable bonds is 3.